The quantitative estimate of drug-likeness (QED) is 0.253. The van der Waals surface area contributed by atoms with Crippen LogP contribution in [0.15, 0.2) is 89.8 Å². The average Bonchev–Trinajstić information content (AvgIpc) is 2.93. The van der Waals surface area contributed by atoms with Crippen LogP contribution in [0.4, 0.5) is 5.69 Å². The third-order valence-electron chi connectivity index (χ3n) is 6.23. The first-order chi connectivity index (χ1) is 19.1. The zero-order valence-corrected chi connectivity index (χ0v) is 24.1. The molecule has 0 heterocycles. The first-order valence-electron chi connectivity index (χ1n) is 13.3. The van der Waals surface area contributed by atoms with E-state index in [0.29, 0.717) is 13.0 Å². The van der Waals surface area contributed by atoms with Gasteiger partial charge in [-0.05, 0) is 29.7 Å². The minimum atomic E-state index is -4.21. The molecule has 0 spiro atoms. The summed E-state index contributed by atoms with van der Waals surface area (Å²) in [6.45, 7) is 6.40. The third kappa shape index (κ3) is 9.29. The van der Waals surface area contributed by atoms with Gasteiger partial charge in [-0.25, -0.2) is 13.1 Å². The Balaban J connectivity index is 1.80. The fraction of sp³-hybridized carbons (Fsp3) is 0.355. The number of nitrogens with one attached hydrogen (secondary N) is 2. The monoisotopic (exact) mass is 566 g/mol. The Bertz CT molecular complexity index is 1340. The van der Waals surface area contributed by atoms with Gasteiger partial charge in [0.25, 0.3) is 15.9 Å². The van der Waals surface area contributed by atoms with Gasteiger partial charge in [0.05, 0.1) is 25.5 Å². The van der Waals surface area contributed by atoms with E-state index >= 15 is 0 Å². The van der Waals surface area contributed by atoms with Crippen LogP contribution < -0.4 is 10.0 Å². The second-order valence-electron chi connectivity index (χ2n) is 10.3. The number of para-hydroxylation sites is 1. The lowest BCUT2D eigenvalue weighted by atomic mass is 9.86. The van der Waals surface area contributed by atoms with Gasteiger partial charge in [0.2, 0.25) is 5.91 Å². The lowest BCUT2D eigenvalue weighted by Crippen LogP contribution is -2.45. The van der Waals surface area contributed by atoms with Crippen LogP contribution in [0, 0.1) is 5.41 Å². The molecule has 3 aromatic carbocycles. The van der Waals surface area contributed by atoms with Crippen molar-refractivity contribution in [2.75, 3.05) is 11.9 Å². The molecule has 0 aliphatic heterocycles. The van der Waals surface area contributed by atoms with E-state index in [1.165, 1.54) is 18.2 Å². The van der Waals surface area contributed by atoms with Crippen LogP contribution in [0.3, 0.4) is 0 Å². The van der Waals surface area contributed by atoms with E-state index in [0.717, 1.165) is 17.5 Å². The molecular weight excluding hydrogens is 528 g/mol. The van der Waals surface area contributed by atoms with E-state index in [1.807, 2.05) is 81.4 Å². The predicted octanol–water partition coefficient (Wildman–Crippen LogP) is 5.45. The first-order valence-corrected chi connectivity index (χ1v) is 14.8. The van der Waals surface area contributed by atoms with Crippen molar-refractivity contribution in [1.82, 2.24) is 4.72 Å². The predicted molar refractivity (Wildman–Crippen MR) is 155 cm³/mol. The molecule has 0 saturated carbocycles. The molecule has 0 aliphatic carbocycles. The minimum Gasteiger partial charge on any atom is -0.376 e. The van der Waals surface area contributed by atoms with Crippen LogP contribution in [0.1, 0.15) is 51.2 Å². The summed E-state index contributed by atoms with van der Waals surface area (Å²) >= 11 is 0. The van der Waals surface area contributed by atoms with E-state index in [-0.39, 0.29) is 30.2 Å². The van der Waals surface area contributed by atoms with Gasteiger partial charge >= 0.3 is 0 Å². The van der Waals surface area contributed by atoms with Gasteiger partial charge in [-0.1, -0.05) is 100.0 Å². The Morgan fingerprint density at radius 1 is 0.850 bits per heavy atom. The Morgan fingerprint density at radius 3 is 2.05 bits per heavy atom. The van der Waals surface area contributed by atoms with Gasteiger partial charge in [0.1, 0.15) is 11.0 Å². The third-order valence-corrected chi connectivity index (χ3v) is 7.66. The lowest BCUT2D eigenvalue weighted by molar-refractivity contribution is -0.141. The Kier molecular flexibility index (Phi) is 11.4. The summed E-state index contributed by atoms with van der Waals surface area (Å²) in [5.41, 5.74) is 1.16. The minimum absolute atomic E-state index is 0.0533. The molecule has 0 radical (unpaired) electrons. The zero-order valence-electron chi connectivity index (χ0n) is 23.3. The number of ether oxygens (including phenoxy) is 2. The van der Waals surface area contributed by atoms with Crippen molar-refractivity contribution in [3.8, 4) is 0 Å². The van der Waals surface area contributed by atoms with Gasteiger partial charge in [-0.15, -0.1) is 0 Å². The summed E-state index contributed by atoms with van der Waals surface area (Å²) in [7, 11) is -4.21. The Morgan fingerprint density at radius 2 is 1.43 bits per heavy atom. The average molecular weight is 567 g/mol. The van der Waals surface area contributed by atoms with Crippen LogP contribution in [0.5, 0.6) is 0 Å². The molecule has 0 aliphatic rings. The number of hydrogen-bond acceptors (Lipinski definition) is 6. The highest BCUT2D eigenvalue weighted by Gasteiger charge is 2.37. The van der Waals surface area contributed by atoms with Crippen LogP contribution >= 0.6 is 0 Å². The lowest BCUT2D eigenvalue weighted by Gasteiger charge is -2.33. The summed E-state index contributed by atoms with van der Waals surface area (Å²) in [5.74, 6) is -1.12. The van der Waals surface area contributed by atoms with Crippen molar-refractivity contribution in [2.24, 2.45) is 5.41 Å². The van der Waals surface area contributed by atoms with Gasteiger partial charge in [-0.2, -0.15) is 0 Å². The highest BCUT2D eigenvalue weighted by Crippen LogP contribution is 2.29. The molecule has 8 nitrogen and oxygen atoms in total. The fourth-order valence-corrected chi connectivity index (χ4v) is 5.27. The molecule has 2 amide bonds. The number of hydrogen-bond donors (Lipinski definition) is 2. The molecule has 1 unspecified atom stereocenters. The molecule has 40 heavy (non-hydrogen) atoms. The molecular formula is C31H38N2O6S. The second-order valence-corrected chi connectivity index (χ2v) is 11.9. The Labute approximate surface area is 237 Å². The van der Waals surface area contributed by atoms with Gasteiger partial charge in [0, 0.05) is 11.8 Å². The van der Waals surface area contributed by atoms with E-state index in [4.69, 9.17) is 9.47 Å². The number of amides is 2. The maximum Gasteiger partial charge on any atom is 0.266 e. The molecule has 0 bridgehead atoms. The normalized spacial score (nSPS) is 12.5. The molecule has 3 rings (SSSR count). The van der Waals surface area contributed by atoms with E-state index in [9.17, 15) is 18.0 Å². The van der Waals surface area contributed by atoms with Crippen molar-refractivity contribution in [3.63, 3.8) is 0 Å². The van der Waals surface area contributed by atoms with Crippen LogP contribution in [0.25, 0.3) is 0 Å². The summed E-state index contributed by atoms with van der Waals surface area (Å²) in [4.78, 5) is 25.7. The topological polar surface area (TPSA) is 111 Å². The van der Waals surface area contributed by atoms with Crippen LogP contribution in [-0.2, 0) is 42.3 Å². The van der Waals surface area contributed by atoms with Crippen molar-refractivity contribution in [1.29, 1.82) is 0 Å². The molecule has 2 N–H and O–H groups in total. The van der Waals surface area contributed by atoms with Gasteiger partial charge in [0.15, 0.2) is 0 Å². The first kappa shape index (κ1) is 31.0. The Hall–Kier alpha value is -3.53. The van der Waals surface area contributed by atoms with Crippen LogP contribution in [0.2, 0.25) is 0 Å². The van der Waals surface area contributed by atoms with Gasteiger partial charge < -0.3 is 14.8 Å². The van der Waals surface area contributed by atoms with E-state index in [1.54, 1.807) is 6.07 Å². The second kappa shape index (κ2) is 14.7. The molecule has 9 heteroatoms. The number of sulfonamides is 1. The van der Waals surface area contributed by atoms with Gasteiger partial charge in [-0.3, -0.25) is 9.59 Å². The van der Waals surface area contributed by atoms with Crippen molar-refractivity contribution < 1.29 is 27.5 Å². The zero-order chi connectivity index (χ0) is 29.0. The molecule has 214 valence electrons. The molecule has 0 saturated heterocycles. The largest absolute Gasteiger partial charge is 0.376 e. The highest BCUT2D eigenvalue weighted by molar-refractivity contribution is 7.90. The summed E-state index contributed by atoms with van der Waals surface area (Å²) in [5, 5.41) is 2.73. The van der Waals surface area contributed by atoms with Crippen molar-refractivity contribution >= 4 is 27.5 Å². The number of unbranched alkanes of at least 4 members (excludes halogenated alkanes) is 1. The van der Waals surface area contributed by atoms with E-state index in [2.05, 4.69) is 10.0 Å². The number of rotatable bonds is 15. The summed E-state index contributed by atoms with van der Waals surface area (Å²) in [6, 6.07) is 25.2. The molecule has 0 aromatic heterocycles. The van der Waals surface area contributed by atoms with Crippen LogP contribution in [-0.4, -0.2) is 32.9 Å². The number of benzene rings is 3. The number of carbonyl (C=O) groups excluding carboxylic acids is 2. The fourth-order valence-electron chi connectivity index (χ4n) is 4.09. The molecule has 1 atom stereocenters. The number of anilines is 1. The number of carbonyl (C=O) groups is 2. The standard InChI is InChI=1S/C31H38N2O6S/c1-4-5-20-28(34)33-40(36,37)27-19-13-12-18-26(27)32-30(35)29(39-22-25-16-10-7-11-17-25)31(2,3)23-38-21-24-14-8-6-9-15-24/h6-19,29H,4-5,20-23H2,1-3H3,(H,32,35)(H,33,34). The maximum atomic E-state index is 13.7. The summed E-state index contributed by atoms with van der Waals surface area (Å²) < 4.78 is 40.3. The molecule has 3 aromatic rings. The SMILES string of the molecule is CCCCC(=O)NS(=O)(=O)c1ccccc1NC(=O)C(OCc1ccccc1)C(C)(C)COCc1ccccc1. The molecule has 0 fully saturated rings. The van der Waals surface area contributed by atoms with Crippen molar-refractivity contribution in [3.05, 3.63) is 96.1 Å². The van der Waals surface area contributed by atoms with Crippen molar-refractivity contribution in [2.45, 2.75) is 64.2 Å². The smallest absolute Gasteiger partial charge is 0.266 e. The maximum absolute atomic E-state index is 13.7. The van der Waals surface area contributed by atoms with E-state index < -0.39 is 33.4 Å². The summed E-state index contributed by atoms with van der Waals surface area (Å²) in [6.07, 6.45) is 0.437. The highest BCUT2D eigenvalue weighted by atomic mass is 32.2.